The summed E-state index contributed by atoms with van der Waals surface area (Å²) in [4.78, 5) is 0. The van der Waals surface area contributed by atoms with E-state index in [0.29, 0.717) is 0 Å². The van der Waals surface area contributed by atoms with Crippen molar-refractivity contribution in [3.63, 3.8) is 0 Å². The predicted octanol–water partition coefficient (Wildman–Crippen LogP) is 5.24. The van der Waals surface area contributed by atoms with Gasteiger partial charge in [0.1, 0.15) is 5.76 Å². The molecule has 0 aromatic heterocycles. The lowest BCUT2D eigenvalue weighted by atomic mass is 10.1. The van der Waals surface area contributed by atoms with E-state index in [-0.39, 0.29) is 0 Å². The third-order valence-corrected chi connectivity index (χ3v) is 3.25. The molecule has 1 aromatic rings. The third kappa shape index (κ3) is 5.87. The quantitative estimate of drug-likeness (QED) is 0.282. The van der Waals surface area contributed by atoms with E-state index in [9.17, 15) is 0 Å². The molecule has 0 amide bonds. The minimum atomic E-state index is -1.56. The largest absolute Gasteiger partial charge is 0.544 e. The second-order valence-electron chi connectivity index (χ2n) is 5.37. The van der Waals surface area contributed by atoms with Gasteiger partial charge in [0.2, 0.25) is 8.32 Å². The van der Waals surface area contributed by atoms with Crippen LogP contribution in [0.4, 0.5) is 0 Å². The first-order valence-electron chi connectivity index (χ1n) is 6.58. The maximum absolute atomic E-state index is 6.18. The fraction of sp³-hybridized carbons (Fsp3) is 0.375. The van der Waals surface area contributed by atoms with Crippen LogP contribution in [0.3, 0.4) is 0 Å². The van der Waals surface area contributed by atoms with Crippen molar-refractivity contribution in [2.24, 2.45) is 0 Å². The van der Waals surface area contributed by atoms with Crippen molar-refractivity contribution in [1.82, 2.24) is 0 Å². The van der Waals surface area contributed by atoms with Crippen molar-refractivity contribution in [3.05, 3.63) is 54.6 Å². The smallest absolute Gasteiger partial charge is 0.242 e. The zero-order valence-corrected chi connectivity index (χ0v) is 12.8. The van der Waals surface area contributed by atoms with Crippen molar-refractivity contribution in [3.8, 4) is 0 Å². The Morgan fingerprint density at radius 1 is 1.17 bits per heavy atom. The van der Waals surface area contributed by atoms with Crippen LogP contribution in [0, 0.1) is 0 Å². The van der Waals surface area contributed by atoms with Gasteiger partial charge in [0, 0.05) is 5.56 Å². The summed E-state index contributed by atoms with van der Waals surface area (Å²) in [5.74, 6) is 1.04. The maximum atomic E-state index is 6.18. The highest BCUT2D eigenvalue weighted by Gasteiger charge is 2.18. The summed E-state index contributed by atoms with van der Waals surface area (Å²) in [7, 11) is -1.56. The first kappa shape index (κ1) is 14.8. The van der Waals surface area contributed by atoms with Gasteiger partial charge in [-0.3, -0.25) is 0 Å². The van der Waals surface area contributed by atoms with Gasteiger partial charge in [-0.05, 0) is 45.0 Å². The minimum absolute atomic E-state index is 1.04. The van der Waals surface area contributed by atoms with Gasteiger partial charge >= 0.3 is 0 Å². The van der Waals surface area contributed by atoms with E-state index in [1.165, 1.54) is 5.56 Å². The highest BCUT2D eigenvalue weighted by molar-refractivity contribution is 6.70. The number of unbranched alkanes of at least 4 members (excludes halogenated alkanes) is 2. The lowest BCUT2D eigenvalue weighted by Crippen LogP contribution is -2.24. The van der Waals surface area contributed by atoms with Crippen molar-refractivity contribution < 1.29 is 4.43 Å². The van der Waals surface area contributed by atoms with Crippen LogP contribution in [0.15, 0.2) is 49.1 Å². The molecule has 0 aliphatic carbocycles. The Bertz CT molecular complexity index is 387. The molecule has 2 heteroatoms. The van der Waals surface area contributed by atoms with E-state index in [0.717, 1.165) is 25.0 Å². The summed E-state index contributed by atoms with van der Waals surface area (Å²) in [6.45, 7) is 10.4. The Labute approximate surface area is 112 Å². The van der Waals surface area contributed by atoms with Crippen molar-refractivity contribution in [1.29, 1.82) is 0 Å². The van der Waals surface area contributed by atoms with Crippen LogP contribution >= 0.6 is 0 Å². The fourth-order valence-corrected chi connectivity index (χ4v) is 2.51. The topological polar surface area (TPSA) is 9.23 Å². The Morgan fingerprint density at radius 2 is 1.83 bits per heavy atom. The van der Waals surface area contributed by atoms with Crippen LogP contribution in [0.25, 0.3) is 5.76 Å². The fourth-order valence-electron chi connectivity index (χ4n) is 1.65. The molecular formula is C16H24OSi. The molecule has 0 N–H and O–H groups in total. The van der Waals surface area contributed by atoms with Gasteiger partial charge in [-0.1, -0.05) is 36.4 Å². The summed E-state index contributed by atoms with van der Waals surface area (Å²) in [5.41, 5.74) is 1.18. The van der Waals surface area contributed by atoms with Crippen LogP contribution in [0.1, 0.15) is 24.8 Å². The molecule has 0 saturated carbocycles. The Balaban J connectivity index is 2.78. The van der Waals surface area contributed by atoms with Crippen LogP contribution in [-0.2, 0) is 4.43 Å². The van der Waals surface area contributed by atoms with Gasteiger partial charge in [0.15, 0.2) is 0 Å². The molecule has 1 nitrogen and oxygen atoms in total. The van der Waals surface area contributed by atoms with E-state index in [4.69, 9.17) is 4.43 Å². The highest BCUT2D eigenvalue weighted by atomic mass is 28.4. The lowest BCUT2D eigenvalue weighted by Gasteiger charge is -2.22. The molecule has 0 unspecified atom stereocenters. The molecule has 1 aromatic carbocycles. The van der Waals surface area contributed by atoms with Gasteiger partial charge in [0.05, 0.1) is 0 Å². The monoisotopic (exact) mass is 260 g/mol. The molecule has 0 fully saturated rings. The lowest BCUT2D eigenvalue weighted by molar-refractivity contribution is 0.511. The van der Waals surface area contributed by atoms with E-state index in [1.54, 1.807) is 0 Å². The Hall–Kier alpha value is -1.28. The Morgan fingerprint density at radius 3 is 2.39 bits per heavy atom. The molecular weight excluding hydrogens is 236 g/mol. The highest BCUT2D eigenvalue weighted by Crippen LogP contribution is 2.22. The number of hydrogen-bond acceptors (Lipinski definition) is 1. The zero-order valence-electron chi connectivity index (χ0n) is 11.8. The standard InChI is InChI=1S/C16H24OSi/c1-5-6-7-11-14-16(17-18(2,3)4)15-12-9-8-10-13-15/h5,8-10,12-14H,1,6-7,11H2,2-4H3/b16-14-. The predicted molar refractivity (Wildman–Crippen MR) is 82.9 cm³/mol. The molecule has 0 heterocycles. The average Bonchev–Trinajstić information content (AvgIpc) is 2.33. The van der Waals surface area contributed by atoms with Crippen molar-refractivity contribution in [2.45, 2.75) is 38.9 Å². The normalized spacial score (nSPS) is 12.3. The molecule has 0 spiro atoms. The summed E-state index contributed by atoms with van der Waals surface area (Å²) in [6, 6.07) is 10.4. The first-order chi connectivity index (χ1) is 8.53. The molecule has 0 bridgehead atoms. The summed E-state index contributed by atoms with van der Waals surface area (Å²) in [5, 5.41) is 0. The number of benzene rings is 1. The molecule has 0 radical (unpaired) electrons. The average molecular weight is 260 g/mol. The number of allylic oxidation sites excluding steroid dienone is 2. The van der Waals surface area contributed by atoms with Gasteiger partial charge in [-0.2, -0.15) is 0 Å². The van der Waals surface area contributed by atoms with Crippen molar-refractivity contribution in [2.75, 3.05) is 0 Å². The van der Waals surface area contributed by atoms with Crippen LogP contribution < -0.4 is 0 Å². The molecule has 0 atom stereocenters. The maximum Gasteiger partial charge on any atom is 0.242 e. The second kappa shape index (κ2) is 7.22. The van der Waals surface area contributed by atoms with Crippen LogP contribution in [0.5, 0.6) is 0 Å². The van der Waals surface area contributed by atoms with E-state index < -0.39 is 8.32 Å². The van der Waals surface area contributed by atoms with Gasteiger partial charge in [0.25, 0.3) is 0 Å². The second-order valence-corrected chi connectivity index (χ2v) is 9.80. The zero-order chi connectivity index (χ0) is 13.4. The Kier molecular flexibility index (Phi) is 5.93. The van der Waals surface area contributed by atoms with E-state index >= 15 is 0 Å². The van der Waals surface area contributed by atoms with E-state index in [1.807, 2.05) is 12.1 Å². The minimum Gasteiger partial charge on any atom is -0.544 e. The third-order valence-electron chi connectivity index (χ3n) is 2.42. The molecule has 18 heavy (non-hydrogen) atoms. The van der Waals surface area contributed by atoms with Crippen molar-refractivity contribution >= 4 is 14.1 Å². The van der Waals surface area contributed by atoms with Crippen LogP contribution in [-0.4, -0.2) is 8.32 Å². The first-order valence-corrected chi connectivity index (χ1v) is 9.99. The SMILES string of the molecule is C=CCCC/C=C(\O[Si](C)(C)C)c1ccccc1. The molecule has 0 aliphatic rings. The number of rotatable bonds is 7. The summed E-state index contributed by atoms with van der Waals surface area (Å²) in [6.07, 6.45) is 7.42. The molecule has 0 saturated heterocycles. The summed E-state index contributed by atoms with van der Waals surface area (Å²) < 4.78 is 6.18. The summed E-state index contributed by atoms with van der Waals surface area (Å²) >= 11 is 0. The van der Waals surface area contributed by atoms with E-state index in [2.05, 4.69) is 56.6 Å². The molecule has 1 rings (SSSR count). The number of hydrogen-bond donors (Lipinski definition) is 0. The molecule has 0 aliphatic heterocycles. The van der Waals surface area contributed by atoms with Crippen LogP contribution in [0.2, 0.25) is 19.6 Å². The van der Waals surface area contributed by atoms with Gasteiger partial charge in [-0.25, -0.2) is 0 Å². The van der Waals surface area contributed by atoms with Gasteiger partial charge < -0.3 is 4.43 Å². The van der Waals surface area contributed by atoms with Gasteiger partial charge in [-0.15, -0.1) is 6.58 Å². The molecule has 98 valence electrons.